The van der Waals surface area contributed by atoms with Crippen LogP contribution in [-0.2, 0) is 18.8 Å². The third-order valence-corrected chi connectivity index (χ3v) is 1.40. The van der Waals surface area contributed by atoms with E-state index in [2.05, 4.69) is 8.37 Å². The van der Waals surface area contributed by atoms with E-state index in [0.717, 1.165) is 7.11 Å². The van der Waals surface area contributed by atoms with Crippen LogP contribution in [0.15, 0.2) is 0 Å². The van der Waals surface area contributed by atoms with Gasteiger partial charge in [-0.25, -0.2) is 4.18 Å². The van der Waals surface area contributed by atoms with E-state index in [1.165, 1.54) is 0 Å². The molecule has 0 aliphatic rings. The van der Waals surface area contributed by atoms with Crippen LogP contribution in [-0.4, -0.2) is 41.0 Å². The molecule has 52 valence electrons. The summed E-state index contributed by atoms with van der Waals surface area (Å²) in [5, 5.41) is 0. The zero-order chi connectivity index (χ0) is 6.62. The zero-order valence-electron chi connectivity index (χ0n) is 4.75. The predicted molar refractivity (Wildman–Crippen MR) is 34.7 cm³/mol. The van der Waals surface area contributed by atoms with Crippen molar-refractivity contribution in [1.29, 1.82) is 0 Å². The van der Waals surface area contributed by atoms with Gasteiger partial charge in [-0.05, 0) is 6.92 Å². The molecule has 0 aromatic rings. The van der Waals surface area contributed by atoms with Gasteiger partial charge in [-0.15, -0.1) is 0 Å². The molecule has 0 spiro atoms. The second-order valence-corrected chi connectivity index (χ2v) is 2.37. The standard InChI is InChI=1S/C3H8O4S.Li.H/c1-3-7-8(4,5)6-2;;/h3H2,1-2H3;;. The van der Waals surface area contributed by atoms with Gasteiger partial charge in [0, 0.05) is 0 Å². The summed E-state index contributed by atoms with van der Waals surface area (Å²) in [7, 11) is -2.62. The maximum atomic E-state index is 10.2. The van der Waals surface area contributed by atoms with Crippen molar-refractivity contribution < 1.29 is 16.8 Å². The van der Waals surface area contributed by atoms with Gasteiger partial charge in [0.25, 0.3) is 0 Å². The average Bonchev–Trinajstić information content (AvgIpc) is 1.67. The Morgan fingerprint density at radius 1 is 1.44 bits per heavy atom. The third-order valence-electron chi connectivity index (χ3n) is 0.466. The molecule has 0 aromatic heterocycles. The monoisotopic (exact) mass is 148 g/mol. The molecule has 0 aliphatic heterocycles. The van der Waals surface area contributed by atoms with Gasteiger partial charge in [0.1, 0.15) is 0 Å². The van der Waals surface area contributed by atoms with Crippen LogP contribution in [0.3, 0.4) is 0 Å². The SMILES string of the molecule is CCOS(=O)(=O)OC.[LiH]. The summed E-state index contributed by atoms with van der Waals surface area (Å²) in [4.78, 5) is 0. The van der Waals surface area contributed by atoms with Crippen molar-refractivity contribution in [2.45, 2.75) is 6.92 Å². The van der Waals surface area contributed by atoms with Gasteiger partial charge in [0.15, 0.2) is 0 Å². The topological polar surface area (TPSA) is 52.6 Å². The summed E-state index contributed by atoms with van der Waals surface area (Å²) in [5.74, 6) is 0. The molecule has 0 bridgehead atoms. The summed E-state index contributed by atoms with van der Waals surface area (Å²) in [6.07, 6.45) is 0. The fraction of sp³-hybridized carbons (Fsp3) is 1.00. The van der Waals surface area contributed by atoms with Crippen LogP contribution < -0.4 is 0 Å². The molecule has 0 heterocycles. The molecule has 0 rings (SSSR count). The van der Waals surface area contributed by atoms with Gasteiger partial charge in [0.05, 0.1) is 13.7 Å². The van der Waals surface area contributed by atoms with Crippen molar-refractivity contribution in [2.75, 3.05) is 13.7 Å². The third kappa shape index (κ3) is 6.35. The van der Waals surface area contributed by atoms with Crippen LogP contribution in [0.25, 0.3) is 0 Å². The van der Waals surface area contributed by atoms with Gasteiger partial charge in [-0.3, -0.25) is 4.18 Å². The van der Waals surface area contributed by atoms with Crippen LogP contribution in [0.2, 0.25) is 0 Å². The van der Waals surface area contributed by atoms with Crippen LogP contribution in [0.5, 0.6) is 0 Å². The van der Waals surface area contributed by atoms with Gasteiger partial charge in [0.2, 0.25) is 0 Å². The Morgan fingerprint density at radius 3 is 2.00 bits per heavy atom. The van der Waals surface area contributed by atoms with E-state index in [-0.39, 0.29) is 25.5 Å². The summed E-state index contributed by atoms with van der Waals surface area (Å²) >= 11 is 0. The molecular formula is C3H9LiO4S. The van der Waals surface area contributed by atoms with E-state index >= 15 is 0 Å². The molecule has 4 nitrogen and oxygen atoms in total. The first-order chi connectivity index (χ1) is 3.62. The number of hydrogen-bond acceptors (Lipinski definition) is 4. The zero-order valence-corrected chi connectivity index (χ0v) is 5.56. The first kappa shape index (κ1) is 12.2. The first-order valence-electron chi connectivity index (χ1n) is 2.07. The van der Waals surface area contributed by atoms with Crippen molar-refractivity contribution in [3.8, 4) is 0 Å². The van der Waals surface area contributed by atoms with E-state index in [1.807, 2.05) is 0 Å². The van der Waals surface area contributed by atoms with E-state index in [9.17, 15) is 8.42 Å². The van der Waals surface area contributed by atoms with Crippen molar-refractivity contribution in [1.82, 2.24) is 0 Å². The number of hydrogen-bond donors (Lipinski definition) is 0. The van der Waals surface area contributed by atoms with E-state index in [4.69, 9.17) is 0 Å². The van der Waals surface area contributed by atoms with Gasteiger partial charge in [-0.1, -0.05) is 0 Å². The Labute approximate surface area is 67.0 Å². The fourth-order valence-electron chi connectivity index (χ4n) is 0.192. The van der Waals surface area contributed by atoms with Crippen molar-refractivity contribution in [2.24, 2.45) is 0 Å². The van der Waals surface area contributed by atoms with Gasteiger partial charge in [-0.2, -0.15) is 8.42 Å². The van der Waals surface area contributed by atoms with Gasteiger partial charge >= 0.3 is 29.3 Å². The Kier molecular flexibility index (Phi) is 7.12. The van der Waals surface area contributed by atoms with Crippen molar-refractivity contribution in [3.05, 3.63) is 0 Å². The quantitative estimate of drug-likeness (QED) is 0.495. The van der Waals surface area contributed by atoms with Gasteiger partial charge < -0.3 is 0 Å². The molecule has 0 fully saturated rings. The van der Waals surface area contributed by atoms with Crippen LogP contribution >= 0.6 is 0 Å². The Morgan fingerprint density at radius 2 is 1.89 bits per heavy atom. The second kappa shape index (κ2) is 5.27. The maximum absolute atomic E-state index is 10.2. The molecule has 0 saturated heterocycles. The summed E-state index contributed by atoms with van der Waals surface area (Å²) < 4.78 is 28.4. The molecule has 0 unspecified atom stereocenters. The summed E-state index contributed by atoms with van der Waals surface area (Å²) in [6, 6.07) is 0. The van der Waals surface area contributed by atoms with Crippen LogP contribution in [0, 0.1) is 0 Å². The summed E-state index contributed by atoms with van der Waals surface area (Å²) in [6.45, 7) is 1.67. The normalized spacial score (nSPS) is 10.4. The van der Waals surface area contributed by atoms with Crippen molar-refractivity contribution in [3.63, 3.8) is 0 Å². The first-order valence-corrected chi connectivity index (χ1v) is 3.40. The predicted octanol–water partition coefficient (Wildman–Crippen LogP) is -0.734. The second-order valence-electron chi connectivity index (χ2n) is 0.981. The number of rotatable bonds is 3. The molecule has 0 N–H and O–H groups in total. The molecule has 0 saturated carbocycles. The molecular weight excluding hydrogens is 139 g/mol. The van der Waals surface area contributed by atoms with Crippen molar-refractivity contribution >= 4 is 29.3 Å². The Balaban J connectivity index is 0. The average molecular weight is 148 g/mol. The Hall–Kier alpha value is 0.467. The molecule has 0 aromatic carbocycles. The van der Waals surface area contributed by atoms with E-state index in [0.29, 0.717) is 0 Å². The molecule has 0 amide bonds. The van der Waals surface area contributed by atoms with E-state index < -0.39 is 10.4 Å². The Bertz CT molecular complexity index is 140. The molecule has 6 heteroatoms. The molecule has 0 atom stereocenters. The van der Waals surface area contributed by atoms with Crippen LogP contribution in [0.4, 0.5) is 0 Å². The minimum atomic E-state index is -3.67. The molecule has 9 heavy (non-hydrogen) atoms. The summed E-state index contributed by atoms with van der Waals surface area (Å²) in [5.41, 5.74) is 0. The molecule has 0 aliphatic carbocycles. The molecule has 0 radical (unpaired) electrons. The van der Waals surface area contributed by atoms with Crippen LogP contribution in [0.1, 0.15) is 6.92 Å². The fourth-order valence-corrected chi connectivity index (χ4v) is 0.577. The minimum absolute atomic E-state index is 0. The van der Waals surface area contributed by atoms with E-state index in [1.54, 1.807) is 6.92 Å².